The zero-order valence-electron chi connectivity index (χ0n) is 17.4. The second kappa shape index (κ2) is 10.0. The van der Waals surface area contributed by atoms with Gasteiger partial charge in [-0.15, -0.1) is 12.4 Å². The predicted octanol–water partition coefficient (Wildman–Crippen LogP) is 3.56. The molecule has 1 aromatic rings. The molecular weight excluding hydrogens is 423 g/mol. The summed E-state index contributed by atoms with van der Waals surface area (Å²) in [7, 11) is 3.30. The fourth-order valence-electron chi connectivity index (χ4n) is 4.03. The summed E-state index contributed by atoms with van der Waals surface area (Å²) in [6.07, 6.45) is -0.0156. The number of halogens is 4. The van der Waals surface area contributed by atoms with Crippen LogP contribution in [0.5, 0.6) is 11.8 Å². The number of ether oxygens (including phenoxy) is 2. The quantitative estimate of drug-likeness (QED) is 0.716. The van der Waals surface area contributed by atoms with E-state index >= 15 is 0 Å². The Balaban J connectivity index is 0.00000320. The van der Waals surface area contributed by atoms with Crippen molar-refractivity contribution in [3.8, 4) is 11.8 Å². The molecule has 1 aliphatic heterocycles. The summed E-state index contributed by atoms with van der Waals surface area (Å²) in [5.41, 5.74) is 0.384. The number of likely N-dealkylation sites (tertiary alicyclic amines) is 1. The highest BCUT2D eigenvalue weighted by Crippen LogP contribution is 2.35. The number of hydrogen-bond acceptors (Lipinski definition) is 5. The van der Waals surface area contributed by atoms with Gasteiger partial charge in [-0.25, -0.2) is 13.2 Å². The number of carbonyl (C=O) groups excluding carboxylic acids is 1. The third kappa shape index (κ3) is 5.91. The number of amides is 1. The van der Waals surface area contributed by atoms with Crippen molar-refractivity contribution in [1.82, 2.24) is 15.2 Å². The molecule has 0 aromatic carbocycles. The maximum atomic E-state index is 14.5. The van der Waals surface area contributed by atoms with Crippen LogP contribution in [0.4, 0.5) is 13.2 Å². The molecule has 2 atom stereocenters. The van der Waals surface area contributed by atoms with Gasteiger partial charge in [0.2, 0.25) is 17.7 Å². The maximum absolute atomic E-state index is 14.5. The second-order valence-corrected chi connectivity index (χ2v) is 8.13. The van der Waals surface area contributed by atoms with Crippen molar-refractivity contribution in [3.63, 3.8) is 0 Å². The first-order valence-corrected chi connectivity index (χ1v) is 9.94. The van der Waals surface area contributed by atoms with Crippen LogP contribution in [0.15, 0.2) is 6.07 Å². The van der Waals surface area contributed by atoms with Gasteiger partial charge in [-0.3, -0.25) is 9.69 Å². The number of nitrogens with zero attached hydrogens (tertiary/aromatic N) is 2. The lowest BCUT2D eigenvalue weighted by Crippen LogP contribution is -2.41. The van der Waals surface area contributed by atoms with Crippen LogP contribution in [0.2, 0.25) is 0 Å². The average Bonchev–Trinajstić information content (AvgIpc) is 3.01. The van der Waals surface area contributed by atoms with Gasteiger partial charge < -0.3 is 14.8 Å². The smallest absolute Gasteiger partial charge is 0.254 e. The molecule has 1 aromatic heterocycles. The molecule has 2 heterocycles. The molecule has 30 heavy (non-hydrogen) atoms. The predicted molar refractivity (Wildman–Crippen MR) is 108 cm³/mol. The van der Waals surface area contributed by atoms with Gasteiger partial charge >= 0.3 is 0 Å². The zero-order valence-corrected chi connectivity index (χ0v) is 18.2. The van der Waals surface area contributed by atoms with E-state index in [4.69, 9.17) is 9.47 Å². The molecular formula is C20H29ClF3N3O3. The van der Waals surface area contributed by atoms with Crippen molar-refractivity contribution >= 4 is 18.3 Å². The van der Waals surface area contributed by atoms with Crippen molar-refractivity contribution in [2.24, 2.45) is 5.92 Å². The molecule has 1 saturated carbocycles. The summed E-state index contributed by atoms with van der Waals surface area (Å²) >= 11 is 0. The molecule has 1 aliphatic carbocycles. The van der Waals surface area contributed by atoms with E-state index in [9.17, 15) is 18.0 Å². The first-order valence-electron chi connectivity index (χ1n) is 9.94. The van der Waals surface area contributed by atoms with E-state index in [0.29, 0.717) is 11.5 Å². The van der Waals surface area contributed by atoms with Crippen LogP contribution >= 0.6 is 12.4 Å². The monoisotopic (exact) mass is 451 g/mol. The number of hydrogen-bond donors (Lipinski definition) is 1. The normalized spacial score (nSPS) is 24.2. The van der Waals surface area contributed by atoms with Crippen LogP contribution in [0.1, 0.15) is 44.6 Å². The summed E-state index contributed by atoms with van der Waals surface area (Å²) in [5, 5.41) is 2.81. The summed E-state index contributed by atoms with van der Waals surface area (Å²) in [6, 6.07) is 1.00. The Morgan fingerprint density at radius 3 is 2.57 bits per heavy atom. The van der Waals surface area contributed by atoms with Gasteiger partial charge in [0.1, 0.15) is 6.10 Å². The van der Waals surface area contributed by atoms with E-state index in [2.05, 4.69) is 17.2 Å². The SMILES string of the molecule is COc1nc(OC2CCC(F)(F)CC2)c(F)cc1CNC(=O)C1CC(C)CN1C.Cl. The molecule has 1 N–H and O–H groups in total. The molecule has 1 amide bonds. The van der Waals surface area contributed by atoms with Gasteiger partial charge in [0.05, 0.1) is 13.2 Å². The lowest BCUT2D eigenvalue weighted by Gasteiger charge is -2.28. The van der Waals surface area contributed by atoms with Gasteiger partial charge in [0, 0.05) is 31.5 Å². The maximum Gasteiger partial charge on any atom is 0.254 e. The number of pyridine rings is 1. The zero-order chi connectivity index (χ0) is 21.2. The van der Waals surface area contributed by atoms with Crippen LogP contribution in [-0.4, -0.2) is 54.6 Å². The standard InChI is InChI=1S/C20H28F3N3O3.ClH/c1-12-8-16(26(2)11-12)17(27)24-10-13-9-15(21)19(25-18(13)28-3)29-14-4-6-20(22,23)7-5-14;/h9,12,14,16H,4-8,10-11H2,1-3H3,(H,24,27);1H. The molecule has 10 heteroatoms. The van der Waals surface area contributed by atoms with E-state index in [1.165, 1.54) is 13.2 Å². The van der Waals surface area contributed by atoms with E-state index in [1.54, 1.807) is 0 Å². The molecule has 170 valence electrons. The van der Waals surface area contributed by atoms with Gasteiger partial charge in [-0.2, -0.15) is 4.98 Å². The lowest BCUT2D eigenvalue weighted by molar-refractivity contribution is -0.125. The van der Waals surface area contributed by atoms with Crippen molar-refractivity contribution in [2.45, 2.75) is 63.6 Å². The highest BCUT2D eigenvalue weighted by atomic mass is 35.5. The molecule has 6 nitrogen and oxygen atoms in total. The van der Waals surface area contributed by atoms with Gasteiger partial charge in [0.15, 0.2) is 5.82 Å². The summed E-state index contributed by atoms with van der Waals surface area (Å²) < 4.78 is 51.8. The minimum Gasteiger partial charge on any atom is -0.481 e. The Labute approximate surface area is 180 Å². The second-order valence-electron chi connectivity index (χ2n) is 8.13. The number of likely N-dealkylation sites (N-methyl/N-ethyl adjacent to an activating group) is 1. The Morgan fingerprint density at radius 2 is 2.00 bits per heavy atom. The van der Waals surface area contributed by atoms with Crippen molar-refractivity contribution < 1.29 is 27.4 Å². The molecule has 3 rings (SSSR count). The van der Waals surface area contributed by atoms with E-state index in [-0.39, 0.29) is 68.3 Å². The largest absolute Gasteiger partial charge is 0.481 e. The van der Waals surface area contributed by atoms with Crippen molar-refractivity contribution in [1.29, 1.82) is 0 Å². The third-order valence-electron chi connectivity index (χ3n) is 5.63. The number of nitrogens with one attached hydrogen (secondary N) is 1. The Hall–Kier alpha value is -1.74. The molecule has 2 fully saturated rings. The highest BCUT2D eigenvalue weighted by molar-refractivity contribution is 5.85. The number of rotatable bonds is 6. The Kier molecular flexibility index (Phi) is 8.21. The molecule has 0 radical (unpaired) electrons. The third-order valence-corrected chi connectivity index (χ3v) is 5.63. The summed E-state index contributed by atoms with van der Waals surface area (Å²) in [6.45, 7) is 3.02. The number of aromatic nitrogens is 1. The minimum atomic E-state index is -2.68. The number of alkyl halides is 2. The van der Waals surface area contributed by atoms with Crippen LogP contribution in [-0.2, 0) is 11.3 Å². The molecule has 1 saturated heterocycles. The molecule has 0 spiro atoms. The first-order chi connectivity index (χ1) is 13.7. The number of carbonyl (C=O) groups is 1. The van der Waals surface area contributed by atoms with Crippen LogP contribution < -0.4 is 14.8 Å². The van der Waals surface area contributed by atoms with Crippen molar-refractivity contribution in [3.05, 3.63) is 17.4 Å². The molecule has 2 aliphatic rings. The molecule has 0 bridgehead atoms. The number of methoxy groups -OCH3 is 1. The van der Waals surface area contributed by atoms with Gasteiger partial charge in [-0.1, -0.05) is 6.92 Å². The van der Waals surface area contributed by atoms with Gasteiger partial charge in [0.25, 0.3) is 5.88 Å². The average molecular weight is 452 g/mol. The van der Waals surface area contributed by atoms with E-state index < -0.39 is 17.8 Å². The Bertz CT molecular complexity index is 743. The first kappa shape index (κ1) is 24.5. The topological polar surface area (TPSA) is 63.7 Å². The minimum absolute atomic E-state index is 0. The lowest BCUT2D eigenvalue weighted by atomic mass is 9.94. The fraction of sp³-hybridized carbons (Fsp3) is 0.700. The summed E-state index contributed by atoms with van der Waals surface area (Å²) in [4.78, 5) is 18.5. The van der Waals surface area contributed by atoms with E-state index in [1.807, 2.05) is 11.9 Å². The van der Waals surface area contributed by atoms with E-state index in [0.717, 1.165) is 13.0 Å². The van der Waals surface area contributed by atoms with Crippen LogP contribution in [0, 0.1) is 11.7 Å². The molecule has 2 unspecified atom stereocenters. The van der Waals surface area contributed by atoms with Gasteiger partial charge in [-0.05, 0) is 38.3 Å². The summed E-state index contributed by atoms with van der Waals surface area (Å²) in [5.74, 6) is -3.20. The van der Waals surface area contributed by atoms with Crippen LogP contribution in [0.25, 0.3) is 0 Å². The van der Waals surface area contributed by atoms with Crippen LogP contribution in [0.3, 0.4) is 0 Å². The highest BCUT2D eigenvalue weighted by Gasteiger charge is 2.36. The Morgan fingerprint density at radius 1 is 1.33 bits per heavy atom. The fourth-order valence-corrected chi connectivity index (χ4v) is 4.03. The van der Waals surface area contributed by atoms with Crippen molar-refractivity contribution in [2.75, 3.05) is 20.7 Å².